The number of aryl methyl sites for hydroxylation is 1. The Morgan fingerprint density at radius 3 is 2.39 bits per heavy atom. The van der Waals surface area contributed by atoms with Crippen LogP contribution < -0.4 is 5.32 Å². The molecule has 0 saturated heterocycles. The number of nitrogens with one attached hydrogen (secondary N) is 1. The first kappa shape index (κ1) is 12.8. The first-order chi connectivity index (χ1) is 8.66. The zero-order valence-corrected chi connectivity index (χ0v) is 10.8. The van der Waals surface area contributed by atoms with Gasteiger partial charge in [-0.3, -0.25) is 0 Å². The van der Waals surface area contributed by atoms with Crippen molar-refractivity contribution in [2.45, 2.75) is 26.9 Å². The highest BCUT2D eigenvalue weighted by atomic mass is 19.1. The number of rotatable bonds is 4. The van der Waals surface area contributed by atoms with Crippen LogP contribution in [0.3, 0.4) is 0 Å². The predicted octanol–water partition coefficient (Wildman–Crippen LogP) is 3.73. The lowest BCUT2D eigenvalue weighted by Crippen LogP contribution is -2.13. The molecule has 0 amide bonds. The summed E-state index contributed by atoms with van der Waals surface area (Å²) in [6, 6.07) is 13.0. The Bertz CT molecular complexity index is 517. The fraction of sp³-hybridized carbons (Fsp3) is 0.250. The molecule has 0 aliphatic heterocycles. The van der Waals surface area contributed by atoms with E-state index in [0.717, 1.165) is 18.7 Å². The summed E-state index contributed by atoms with van der Waals surface area (Å²) in [4.78, 5) is 0. The Morgan fingerprint density at radius 1 is 0.944 bits per heavy atom. The van der Waals surface area contributed by atoms with Gasteiger partial charge in [-0.25, -0.2) is 4.39 Å². The van der Waals surface area contributed by atoms with Crippen LogP contribution >= 0.6 is 0 Å². The van der Waals surface area contributed by atoms with Crippen molar-refractivity contribution in [1.29, 1.82) is 0 Å². The van der Waals surface area contributed by atoms with Crippen LogP contribution in [-0.2, 0) is 13.1 Å². The molecule has 0 heterocycles. The Kier molecular flexibility index (Phi) is 4.11. The Labute approximate surface area is 108 Å². The zero-order valence-electron chi connectivity index (χ0n) is 10.8. The van der Waals surface area contributed by atoms with Crippen LogP contribution in [0.5, 0.6) is 0 Å². The van der Waals surface area contributed by atoms with Crippen LogP contribution in [0.4, 0.5) is 4.39 Å². The van der Waals surface area contributed by atoms with Gasteiger partial charge in [0.1, 0.15) is 5.82 Å². The molecule has 0 radical (unpaired) electrons. The van der Waals surface area contributed by atoms with Gasteiger partial charge in [-0.15, -0.1) is 0 Å². The SMILES string of the molecule is Cc1cccc(CNCc2ccc(F)cc2)c1C. The van der Waals surface area contributed by atoms with Crippen LogP contribution in [0.25, 0.3) is 0 Å². The summed E-state index contributed by atoms with van der Waals surface area (Å²) in [6.45, 7) is 5.86. The van der Waals surface area contributed by atoms with E-state index in [-0.39, 0.29) is 5.82 Å². The van der Waals surface area contributed by atoms with Gasteiger partial charge in [0.2, 0.25) is 0 Å². The number of halogens is 1. The molecule has 2 heteroatoms. The maximum Gasteiger partial charge on any atom is 0.123 e. The standard InChI is InChI=1S/C16H18FN/c1-12-4-3-5-15(13(12)2)11-18-10-14-6-8-16(17)9-7-14/h3-9,18H,10-11H2,1-2H3. The molecular weight excluding hydrogens is 225 g/mol. The normalized spacial score (nSPS) is 10.6. The van der Waals surface area contributed by atoms with Gasteiger partial charge in [-0.05, 0) is 48.2 Å². The number of hydrogen-bond donors (Lipinski definition) is 1. The second-order valence-corrected chi connectivity index (χ2v) is 4.59. The highest BCUT2D eigenvalue weighted by molar-refractivity contribution is 5.33. The zero-order chi connectivity index (χ0) is 13.0. The molecule has 0 bridgehead atoms. The van der Waals surface area contributed by atoms with Gasteiger partial charge in [0.05, 0.1) is 0 Å². The van der Waals surface area contributed by atoms with E-state index >= 15 is 0 Å². The predicted molar refractivity (Wildman–Crippen MR) is 72.9 cm³/mol. The third-order valence-corrected chi connectivity index (χ3v) is 3.27. The summed E-state index contributed by atoms with van der Waals surface area (Å²) in [7, 11) is 0. The number of hydrogen-bond acceptors (Lipinski definition) is 1. The van der Waals surface area contributed by atoms with E-state index in [1.165, 1.54) is 28.8 Å². The van der Waals surface area contributed by atoms with E-state index in [9.17, 15) is 4.39 Å². The molecule has 0 spiro atoms. The van der Waals surface area contributed by atoms with Gasteiger partial charge in [0.25, 0.3) is 0 Å². The molecule has 0 unspecified atom stereocenters. The molecule has 0 fully saturated rings. The van der Waals surface area contributed by atoms with E-state index in [1.807, 2.05) is 12.1 Å². The summed E-state index contributed by atoms with van der Waals surface area (Å²) in [5, 5.41) is 3.38. The first-order valence-corrected chi connectivity index (χ1v) is 6.17. The average Bonchev–Trinajstić information content (AvgIpc) is 2.37. The van der Waals surface area contributed by atoms with Crippen molar-refractivity contribution < 1.29 is 4.39 Å². The van der Waals surface area contributed by atoms with E-state index in [2.05, 4.69) is 37.4 Å². The summed E-state index contributed by atoms with van der Waals surface area (Å²) < 4.78 is 12.8. The van der Waals surface area contributed by atoms with Gasteiger partial charge >= 0.3 is 0 Å². The van der Waals surface area contributed by atoms with Crippen molar-refractivity contribution in [2.24, 2.45) is 0 Å². The second kappa shape index (κ2) is 5.78. The molecule has 94 valence electrons. The minimum Gasteiger partial charge on any atom is -0.309 e. The molecule has 18 heavy (non-hydrogen) atoms. The molecule has 0 aromatic heterocycles. The highest BCUT2D eigenvalue weighted by Crippen LogP contribution is 2.12. The topological polar surface area (TPSA) is 12.0 Å². The van der Waals surface area contributed by atoms with E-state index < -0.39 is 0 Å². The van der Waals surface area contributed by atoms with Crippen molar-refractivity contribution in [3.05, 3.63) is 70.5 Å². The maximum atomic E-state index is 12.8. The minimum atomic E-state index is -0.187. The molecule has 0 aliphatic rings. The third kappa shape index (κ3) is 3.17. The van der Waals surface area contributed by atoms with Gasteiger partial charge in [0, 0.05) is 13.1 Å². The second-order valence-electron chi connectivity index (χ2n) is 4.59. The lowest BCUT2D eigenvalue weighted by atomic mass is 10.0. The fourth-order valence-electron chi connectivity index (χ4n) is 1.95. The van der Waals surface area contributed by atoms with Crippen molar-refractivity contribution in [3.63, 3.8) is 0 Å². The number of benzene rings is 2. The molecule has 2 aromatic rings. The molecule has 2 rings (SSSR count). The molecule has 2 aromatic carbocycles. The maximum absolute atomic E-state index is 12.8. The lowest BCUT2D eigenvalue weighted by Gasteiger charge is -2.10. The van der Waals surface area contributed by atoms with Crippen LogP contribution in [0.2, 0.25) is 0 Å². The minimum absolute atomic E-state index is 0.187. The molecular formula is C16H18FN. The summed E-state index contributed by atoms with van der Waals surface area (Å²) in [5.74, 6) is -0.187. The van der Waals surface area contributed by atoms with Gasteiger partial charge in [-0.2, -0.15) is 0 Å². The highest BCUT2D eigenvalue weighted by Gasteiger charge is 2.00. The van der Waals surface area contributed by atoms with Crippen LogP contribution in [0, 0.1) is 19.7 Å². The van der Waals surface area contributed by atoms with Crippen molar-refractivity contribution >= 4 is 0 Å². The van der Waals surface area contributed by atoms with E-state index in [0.29, 0.717) is 0 Å². The van der Waals surface area contributed by atoms with Crippen LogP contribution in [0.1, 0.15) is 22.3 Å². The summed E-state index contributed by atoms with van der Waals surface area (Å²) in [5.41, 5.74) is 5.07. The monoisotopic (exact) mass is 243 g/mol. The molecule has 0 atom stereocenters. The lowest BCUT2D eigenvalue weighted by molar-refractivity contribution is 0.625. The molecule has 1 N–H and O–H groups in total. The van der Waals surface area contributed by atoms with Gasteiger partial charge in [0.15, 0.2) is 0 Å². The van der Waals surface area contributed by atoms with E-state index in [1.54, 1.807) is 0 Å². The molecule has 0 saturated carbocycles. The van der Waals surface area contributed by atoms with E-state index in [4.69, 9.17) is 0 Å². The quantitative estimate of drug-likeness (QED) is 0.862. The van der Waals surface area contributed by atoms with Crippen LogP contribution in [0.15, 0.2) is 42.5 Å². The third-order valence-electron chi connectivity index (χ3n) is 3.27. The van der Waals surface area contributed by atoms with Crippen molar-refractivity contribution in [3.8, 4) is 0 Å². The van der Waals surface area contributed by atoms with Crippen molar-refractivity contribution in [1.82, 2.24) is 5.32 Å². The largest absolute Gasteiger partial charge is 0.309 e. The molecule has 1 nitrogen and oxygen atoms in total. The summed E-state index contributed by atoms with van der Waals surface area (Å²) >= 11 is 0. The Balaban J connectivity index is 1.92. The summed E-state index contributed by atoms with van der Waals surface area (Å²) in [6.07, 6.45) is 0. The van der Waals surface area contributed by atoms with Crippen molar-refractivity contribution in [2.75, 3.05) is 0 Å². The smallest absolute Gasteiger partial charge is 0.123 e. The Hall–Kier alpha value is -1.67. The fourth-order valence-corrected chi connectivity index (χ4v) is 1.95. The Morgan fingerprint density at radius 2 is 1.67 bits per heavy atom. The molecule has 0 aliphatic carbocycles. The van der Waals surface area contributed by atoms with Gasteiger partial charge in [-0.1, -0.05) is 30.3 Å². The first-order valence-electron chi connectivity index (χ1n) is 6.17. The average molecular weight is 243 g/mol. The van der Waals surface area contributed by atoms with Crippen LogP contribution in [-0.4, -0.2) is 0 Å². The van der Waals surface area contributed by atoms with Gasteiger partial charge < -0.3 is 5.32 Å².